The van der Waals surface area contributed by atoms with Gasteiger partial charge in [0.25, 0.3) is 0 Å². The standard InChI is InChI=1S/C21H34O4P/c1-8-10-16(13-15(2)14-21(3,4)5)26(23)20(22)19-17(24-6)11-9-12-18(19)25-7/h9,11-12,15-16H,8,10,13-14H2,1-7H3. The molecule has 1 aromatic carbocycles. The smallest absolute Gasteiger partial charge is 0.249 e. The number of ether oxygens (including phenoxy) is 2. The Morgan fingerprint density at radius 2 is 1.69 bits per heavy atom. The highest BCUT2D eigenvalue weighted by Crippen LogP contribution is 2.44. The van der Waals surface area contributed by atoms with Gasteiger partial charge in [0.05, 0.1) is 14.2 Å². The summed E-state index contributed by atoms with van der Waals surface area (Å²) in [6, 6.07) is 5.17. The molecule has 0 fully saturated rings. The SMILES string of the molecule is CCCC(CC(C)CC(C)(C)C)[P](=O)C(=O)c1c(OC)cccc1OC. The Hall–Kier alpha value is -1.41. The molecular weight excluding hydrogens is 347 g/mol. The van der Waals surface area contributed by atoms with Crippen molar-refractivity contribution in [1.29, 1.82) is 0 Å². The van der Waals surface area contributed by atoms with Crippen LogP contribution in [0, 0.1) is 11.3 Å². The Kier molecular flexibility index (Phi) is 8.76. The highest BCUT2D eigenvalue weighted by atomic mass is 31.1. The molecule has 0 heterocycles. The van der Waals surface area contributed by atoms with E-state index < -0.39 is 7.80 Å². The summed E-state index contributed by atoms with van der Waals surface area (Å²) in [7, 11) is 0.961. The van der Waals surface area contributed by atoms with E-state index in [4.69, 9.17) is 9.47 Å². The zero-order valence-electron chi connectivity index (χ0n) is 17.3. The number of rotatable bonds is 10. The van der Waals surface area contributed by atoms with Gasteiger partial charge in [0.2, 0.25) is 5.52 Å². The van der Waals surface area contributed by atoms with Crippen LogP contribution in [0.2, 0.25) is 0 Å². The second kappa shape index (κ2) is 10.1. The van der Waals surface area contributed by atoms with E-state index in [2.05, 4.69) is 34.6 Å². The zero-order chi connectivity index (χ0) is 19.9. The summed E-state index contributed by atoms with van der Waals surface area (Å²) in [5, 5.41) is 0. The van der Waals surface area contributed by atoms with Gasteiger partial charge in [-0.25, -0.2) is 0 Å². The molecule has 26 heavy (non-hydrogen) atoms. The quantitative estimate of drug-likeness (QED) is 0.446. The summed E-state index contributed by atoms with van der Waals surface area (Å²) in [5.74, 6) is 1.24. The highest BCUT2D eigenvalue weighted by molar-refractivity contribution is 7.65. The van der Waals surface area contributed by atoms with Gasteiger partial charge in [0.15, 0.2) is 0 Å². The largest absolute Gasteiger partial charge is 0.496 e. The Morgan fingerprint density at radius 3 is 2.12 bits per heavy atom. The third-order valence-electron chi connectivity index (χ3n) is 4.43. The van der Waals surface area contributed by atoms with E-state index in [1.54, 1.807) is 18.2 Å². The third kappa shape index (κ3) is 6.39. The zero-order valence-corrected chi connectivity index (χ0v) is 18.2. The van der Waals surface area contributed by atoms with E-state index in [-0.39, 0.29) is 16.6 Å². The second-order valence-corrected chi connectivity index (χ2v) is 10.0. The lowest BCUT2D eigenvalue weighted by Gasteiger charge is -2.26. The van der Waals surface area contributed by atoms with Crippen LogP contribution in [0.5, 0.6) is 11.5 Å². The predicted octanol–water partition coefficient (Wildman–Crippen LogP) is 6.30. The molecule has 0 saturated carbocycles. The summed E-state index contributed by atoms with van der Waals surface area (Å²) in [6.07, 6.45) is 3.53. The number of carbonyl (C=O) groups is 1. The lowest BCUT2D eigenvalue weighted by Crippen LogP contribution is -2.17. The minimum Gasteiger partial charge on any atom is -0.496 e. The van der Waals surface area contributed by atoms with Gasteiger partial charge < -0.3 is 9.47 Å². The predicted molar refractivity (Wildman–Crippen MR) is 108 cm³/mol. The monoisotopic (exact) mass is 381 g/mol. The number of hydrogen-bond acceptors (Lipinski definition) is 4. The van der Waals surface area contributed by atoms with Crippen molar-refractivity contribution in [2.45, 2.75) is 66.0 Å². The minimum absolute atomic E-state index is 0.116. The summed E-state index contributed by atoms with van der Waals surface area (Å²) >= 11 is 0. The van der Waals surface area contributed by atoms with Crippen molar-refractivity contribution < 1.29 is 18.8 Å². The van der Waals surface area contributed by atoms with E-state index in [0.29, 0.717) is 23.0 Å². The second-order valence-electron chi connectivity index (χ2n) is 8.22. The Bertz CT molecular complexity index is 597. The molecule has 147 valence electrons. The maximum absolute atomic E-state index is 13.2. The molecule has 0 bridgehead atoms. The van der Waals surface area contributed by atoms with Crippen molar-refractivity contribution in [3.05, 3.63) is 23.8 Å². The van der Waals surface area contributed by atoms with Crippen LogP contribution in [0.25, 0.3) is 0 Å². The van der Waals surface area contributed by atoms with Crippen molar-refractivity contribution in [2.24, 2.45) is 11.3 Å². The molecule has 0 spiro atoms. The fourth-order valence-electron chi connectivity index (χ4n) is 3.60. The number of hydrogen-bond donors (Lipinski definition) is 0. The van der Waals surface area contributed by atoms with Crippen LogP contribution in [0.3, 0.4) is 0 Å². The molecule has 1 aromatic rings. The molecule has 3 unspecified atom stereocenters. The molecule has 0 aromatic heterocycles. The summed E-state index contributed by atoms with van der Waals surface area (Å²) in [5.41, 5.74) is 0.0332. The minimum atomic E-state index is -2.05. The van der Waals surface area contributed by atoms with Crippen LogP contribution in [-0.2, 0) is 4.57 Å². The van der Waals surface area contributed by atoms with Crippen molar-refractivity contribution in [1.82, 2.24) is 0 Å². The number of methoxy groups -OCH3 is 2. The van der Waals surface area contributed by atoms with Gasteiger partial charge in [0.1, 0.15) is 24.9 Å². The normalized spacial score (nSPS) is 14.5. The van der Waals surface area contributed by atoms with Crippen molar-refractivity contribution >= 4 is 13.3 Å². The topological polar surface area (TPSA) is 52.6 Å². The van der Waals surface area contributed by atoms with E-state index >= 15 is 0 Å². The Balaban J connectivity index is 3.07. The van der Waals surface area contributed by atoms with Crippen LogP contribution in [-0.4, -0.2) is 25.4 Å². The lowest BCUT2D eigenvalue weighted by atomic mass is 9.83. The van der Waals surface area contributed by atoms with Gasteiger partial charge in [0, 0.05) is 5.66 Å². The first-order valence-corrected chi connectivity index (χ1v) is 10.7. The van der Waals surface area contributed by atoms with Crippen molar-refractivity contribution in [2.75, 3.05) is 14.2 Å². The average Bonchev–Trinajstić information content (AvgIpc) is 2.57. The molecule has 3 atom stereocenters. The van der Waals surface area contributed by atoms with Gasteiger partial charge in [-0.05, 0) is 42.7 Å². The fraction of sp³-hybridized carbons (Fsp3) is 0.667. The first kappa shape index (κ1) is 22.6. The third-order valence-corrected chi connectivity index (χ3v) is 6.19. The molecule has 0 aliphatic rings. The van der Waals surface area contributed by atoms with Crippen LogP contribution in [0.1, 0.15) is 70.7 Å². The van der Waals surface area contributed by atoms with Gasteiger partial charge in [-0.1, -0.05) is 47.1 Å². The van der Waals surface area contributed by atoms with E-state index in [1.165, 1.54) is 14.2 Å². The molecule has 0 saturated heterocycles. The summed E-state index contributed by atoms with van der Waals surface area (Å²) in [4.78, 5) is 13.0. The lowest BCUT2D eigenvalue weighted by molar-refractivity contribution is 0.107. The summed E-state index contributed by atoms with van der Waals surface area (Å²) < 4.78 is 23.8. The Morgan fingerprint density at radius 1 is 1.15 bits per heavy atom. The molecule has 1 rings (SSSR count). The van der Waals surface area contributed by atoms with Crippen molar-refractivity contribution in [3.8, 4) is 11.5 Å². The molecule has 0 aliphatic heterocycles. The number of benzene rings is 1. The molecule has 0 aliphatic carbocycles. The van der Waals surface area contributed by atoms with Crippen LogP contribution < -0.4 is 9.47 Å². The molecule has 0 amide bonds. The summed E-state index contributed by atoms with van der Waals surface area (Å²) in [6.45, 7) is 10.9. The molecule has 0 N–H and O–H groups in total. The van der Waals surface area contributed by atoms with Crippen LogP contribution in [0.4, 0.5) is 0 Å². The molecular formula is C21H34O4P. The van der Waals surface area contributed by atoms with Gasteiger partial charge in [-0.2, -0.15) is 0 Å². The molecule has 4 nitrogen and oxygen atoms in total. The van der Waals surface area contributed by atoms with Gasteiger partial charge in [-0.15, -0.1) is 0 Å². The maximum Gasteiger partial charge on any atom is 0.249 e. The molecule has 1 radical (unpaired) electrons. The first-order valence-electron chi connectivity index (χ1n) is 9.36. The maximum atomic E-state index is 13.2. The van der Waals surface area contributed by atoms with Gasteiger partial charge in [-0.3, -0.25) is 9.36 Å². The van der Waals surface area contributed by atoms with E-state index in [1.807, 2.05) is 0 Å². The Labute approximate surface area is 159 Å². The van der Waals surface area contributed by atoms with Crippen LogP contribution in [0.15, 0.2) is 18.2 Å². The molecule has 5 heteroatoms. The fourth-order valence-corrected chi connectivity index (χ4v) is 5.41. The van der Waals surface area contributed by atoms with E-state index in [9.17, 15) is 9.36 Å². The highest BCUT2D eigenvalue weighted by Gasteiger charge is 2.31. The number of carbonyl (C=O) groups excluding carboxylic acids is 1. The first-order chi connectivity index (χ1) is 12.1. The average molecular weight is 381 g/mol. The van der Waals surface area contributed by atoms with Gasteiger partial charge >= 0.3 is 0 Å². The van der Waals surface area contributed by atoms with Crippen LogP contribution >= 0.6 is 7.80 Å². The van der Waals surface area contributed by atoms with Crippen molar-refractivity contribution in [3.63, 3.8) is 0 Å². The van der Waals surface area contributed by atoms with E-state index in [0.717, 1.165) is 25.7 Å².